The maximum absolute atomic E-state index is 14.6. The van der Waals surface area contributed by atoms with Crippen LogP contribution in [0.1, 0.15) is 71.6 Å². The van der Waals surface area contributed by atoms with Crippen molar-refractivity contribution in [3.05, 3.63) is 82.1 Å². The fraction of sp³-hybridized carbons (Fsp3) is 0.410. The molecule has 1 unspecified atom stereocenters. The van der Waals surface area contributed by atoms with E-state index >= 15 is 0 Å². The topological polar surface area (TPSA) is 132 Å². The lowest BCUT2D eigenvalue weighted by atomic mass is 9.43. The van der Waals surface area contributed by atoms with E-state index in [0.29, 0.717) is 11.5 Å². The number of phenols is 1. The summed E-state index contributed by atoms with van der Waals surface area (Å²) in [6, 6.07) is 15.7. The third-order valence-electron chi connectivity index (χ3n) is 10.8. The number of Topliss-reactive ketones (excluding diaryl/α,β-unsaturated/α-hetero) is 3. The number of ketones is 3. The molecule has 4 atom stereocenters. The van der Waals surface area contributed by atoms with Gasteiger partial charge in [0.15, 0.2) is 17.2 Å². The van der Waals surface area contributed by atoms with E-state index in [1.165, 1.54) is 11.6 Å². The Morgan fingerprint density at radius 1 is 0.913 bits per heavy atom. The number of aliphatic hydroxyl groups excluding tert-OH is 2. The Kier molecular flexibility index (Phi) is 7.17. The Morgan fingerprint density at radius 3 is 2.15 bits per heavy atom. The van der Waals surface area contributed by atoms with Crippen molar-refractivity contribution in [1.29, 1.82) is 0 Å². The van der Waals surface area contributed by atoms with Gasteiger partial charge in [-0.3, -0.25) is 14.4 Å². The van der Waals surface area contributed by atoms with Crippen LogP contribution in [-0.4, -0.2) is 43.4 Å². The molecule has 0 aliphatic heterocycles. The molecule has 3 aliphatic rings. The third-order valence-corrected chi connectivity index (χ3v) is 10.8. The number of allylic oxidation sites excluding steroid dienone is 1. The van der Waals surface area contributed by atoms with E-state index < -0.39 is 56.8 Å². The van der Waals surface area contributed by atoms with Crippen LogP contribution >= 0.6 is 0 Å². The zero-order valence-corrected chi connectivity index (χ0v) is 27.5. The highest BCUT2D eigenvalue weighted by Gasteiger charge is 2.72. The van der Waals surface area contributed by atoms with Gasteiger partial charge in [-0.05, 0) is 77.1 Å². The number of benzene rings is 3. The first-order valence-corrected chi connectivity index (χ1v) is 16.1. The van der Waals surface area contributed by atoms with E-state index in [2.05, 4.69) is 38.1 Å². The molecule has 0 bridgehead atoms. The molecule has 0 amide bonds. The second-order valence-corrected chi connectivity index (χ2v) is 14.9. The van der Waals surface area contributed by atoms with E-state index in [1.807, 2.05) is 25.1 Å². The van der Waals surface area contributed by atoms with E-state index in [-0.39, 0.29) is 35.6 Å². The maximum Gasteiger partial charge on any atom is 0.203 e. The molecule has 3 aromatic carbocycles. The number of aromatic hydroxyl groups is 1. The van der Waals surface area contributed by atoms with Crippen LogP contribution in [0.2, 0.25) is 0 Å². The summed E-state index contributed by atoms with van der Waals surface area (Å²) in [6.45, 7) is 12.5. The molecule has 1 saturated carbocycles. The van der Waals surface area contributed by atoms with Crippen molar-refractivity contribution < 1.29 is 34.8 Å². The molecule has 0 saturated heterocycles. The molecule has 4 N–H and O–H groups in total. The number of rotatable bonds is 5. The Hall–Kier alpha value is -4.23. The van der Waals surface area contributed by atoms with Crippen molar-refractivity contribution >= 4 is 33.9 Å². The quantitative estimate of drug-likeness (QED) is 0.221. The van der Waals surface area contributed by atoms with Gasteiger partial charge in [-0.15, -0.1) is 0 Å². The van der Waals surface area contributed by atoms with E-state index in [0.717, 1.165) is 35.2 Å². The van der Waals surface area contributed by atoms with Gasteiger partial charge in [0, 0.05) is 22.3 Å². The molecule has 0 radical (unpaired) electrons. The summed E-state index contributed by atoms with van der Waals surface area (Å²) in [6.07, 6.45) is 1.17. The predicted octanol–water partition coefficient (Wildman–Crippen LogP) is 7.21. The third kappa shape index (κ3) is 4.10. The predicted molar refractivity (Wildman–Crippen MR) is 177 cm³/mol. The number of hydrogen-bond acceptors (Lipinski definition) is 7. The van der Waals surface area contributed by atoms with Gasteiger partial charge in [-0.1, -0.05) is 84.0 Å². The molecule has 0 aromatic heterocycles. The van der Waals surface area contributed by atoms with Crippen LogP contribution in [0.5, 0.6) is 5.75 Å². The van der Waals surface area contributed by atoms with Gasteiger partial charge in [-0.2, -0.15) is 0 Å². The highest BCUT2D eigenvalue weighted by Crippen LogP contribution is 2.65. The van der Waals surface area contributed by atoms with Crippen LogP contribution in [-0.2, 0) is 27.2 Å². The lowest BCUT2D eigenvalue weighted by molar-refractivity contribution is -0.178. The molecule has 7 heteroatoms. The van der Waals surface area contributed by atoms with Crippen molar-refractivity contribution in [3.8, 4) is 16.9 Å². The average Bonchev–Trinajstić information content (AvgIpc) is 2.95. The SMILES string of the molecule is CC(=O)C1=C(O)[C@]2(O)C(=O)C3=C(O)c4c(O)ccc(-c5ccc(CC(C)C)c6ccccc56)c4C[C@]3(C)C[C@]2(C)C(C(C)C)C1=O. The van der Waals surface area contributed by atoms with Crippen LogP contribution in [0.3, 0.4) is 0 Å². The summed E-state index contributed by atoms with van der Waals surface area (Å²) >= 11 is 0. The van der Waals surface area contributed by atoms with Crippen LogP contribution in [0.15, 0.2) is 65.4 Å². The fourth-order valence-corrected chi connectivity index (χ4v) is 9.18. The molecule has 240 valence electrons. The standard InChI is InChI=1S/C39H42O7/c1-19(2)16-22-12-13-25(24-11-9-8-10-23(22)24)26-14-15-28(41)30-27(26)17-37(6)18-38(7)31(20(3)4)33(42)29(21(5)40)35(44)39(38,46)36(45)32(37)34(30)43/h8-15,19-20,31,41,43-44,46H,16-18H2,1-7H3/t31?,37-,38-,39+/m1/s1. The summed E-state index contributed by atoms with van der Waals surface area (Å²) in [4.78, 5) is 41.0. The summed E-state index contributed by atoms with van der Waals surface area (Å²) in [5.41, 5.74) is -2.24. The Bertz CT molecular complexity index is 1930. The first-order chi connectivity index (χ1) is 21.5. The minimum atomic E-state index is -2.63. The van der Waals surface area contributed by atoms with Crippen molar-refractivity contribution in [2.24, 2.45) is 28.6 Å². The Balaban J connectivity index is 1.63. The maximum atomic E-state index is 14.6. The minimum absolute atomic E-state index is 0.0497. The fourth-order valence-electron chi connectivity index (χ4n) is 9.18. The average molecular weight is 623 g/mol. The van der Waals surface area contributed by atoms with Gasteiger partial charge >= 0.3 is 0 Å². The highest BCUT2D eigenvalue weighted by atomic mass is 16.3. The number of aliphatic hydroxyl groups is 3. The number of carbonyl (C=O) groups is 3. The van der Waals surface area contributed by atoms with E-state index in [9.17, 15) is 34.8 Å². The number of carbonyl (C=O) groups excluding carboxylic acids is 3. The number of hydrogen-bond donors (Lipinski definition) is 4. The number of phenolic OH excluding ortho intramolecular Hbond substituents is 1. The molecule has 46 heavy (non-hydrogen) atoms. The summed E-state index contributed by atoms with van der Waals surface area (Å²) in [7, 11) is 0. The van der Waals surface area contributed by atoms with Crippen LogP contribution in [0, 0.1) is 28.6 Å². The van der Waals surface area contributed by atoms with E-state index in [4.69, 9.17) is 0 Å². The largest absolute Gasteiger partial charge is 0.508 e. The minimum Gasteiger partial charge on any atom is -0.508 e. The second-order valence-electron chi connectivity index (χ2n) is 14.9. The summed E-state index contributed by atoms with van der Waals surface area (Å²) < 4.78 is 0. The van der Waals surface area contributed by atoms with Gasteiger partial charge in [-0.25, -0.2) is 0 Å². The van der Waals surface area contributed by atoms with Crippen molar-refractivity contribution in [2.75, 3.05) is 0 Å². The molecule has 1 fully saturated rings. The van der Waals surface area contributed by atoms with Gasteiger partial charge in [0.2, 0.25) is 5.78 Å². The Morgan fingerprint density at radius 2 is 1.54 bits per heavy atom. The molecule has 0 spiro atoms. The zero-order valence-electron chi connectivity index (χ0n) is 27.5. The first-order valence-electron chi connectivity index (χ1n) is 16.1. The highest BCUT2D eigenvalue weighted by molar-refractivity contribution is 6.24. The molecule has 3 aliphatic carbocycles. The first kappa shape index (κ1) is 31.7. The van der Waals surface area contributed by atoms with Crippen molar-refractivity contribution in [2.45, 2.75) is 73.3 Å². The van der Waals surface area contributed by atoms with Crippen molar-refractivity contribution in [1.82, 2.24) is 0 Å². The molecule has 3 aromatic rings. The number of fused-ring (bicyclic) bond motifs is 4. The van der Waals surface area contributed by atoms with Crippen LogP contribution in [0.4, 0.5) is 0 Å². The molecule has 7 nitrogen and oxygen atoms in total. The monoisotopic (exact) mass is 622 g/mol. The van der Waals surface area contributed by atoms with Gasteiger partial charge in [0.05, 0.1) is 5.56 Å². The molecule has 0 heterocycles. The molecule has 6 rings (SSSR count). The Labute approximate surface area is 269 Å². The van der Waals surface area contributed by atoms with Crippen LogP contribution < -0.4 is 0 Å². The van der Waals surface area contributed by atoms with Gasteiger partial charge in [0.25, 0.3) is 0 Å². The van der Waals surface area contributed by atoms with Gasteiger partial charge in [0.1, 0.15) is 22.8 Å². The second kappa shape index (κ2) is 10.4. The summed E-state index contributed by atoms with van der Waals surface area (Å²) in [5.74, 6) is -4.84. The normalized spacial score (nSPS) is 27.7. The molecular weight excluding hydrogens is 580 g/mol. The van der Waals surface area contributed by atoms with E-state index in [1.54, 1.807) is 20.8 Å². The zero-order chi connectivity index (χ0) is 33.7. The lowest BCUT2D eigenvalue weighted by Gasteiger charge is -2.59. The van der Waals surface area contributed by atoms with Gasteiger partial charge < -0.3 is 20.4 Å². The van der Waals surface area contributed by atoms with Crippen molar-refractivity contribution in [3.63, 3.8) is 0 Å². The smallest absolute Gasteiger partial charge is 0.203 e. The van der Waals surface area contributed by atoms with Crippen LogP contribution in [0.25, 0.3) is 27.7 Å². The molecular formula is C39H42O7. The lowest BCUT2D eigenvalue weighted by Crippen LogP contribution is -2.69. The summed E-state index contributed by atoms with van der Waals surface area (Å²) in [5, 5.41) is 48.9.